The predicted molar refractivity (Wildman–Crippen MR) is 104 cm³/mol. The quantitative estimate of drug-likeness (QED) is 0.614. The van der Waals surface area contributed by atoms with E-state index in [0.29, 0.717) is 23.2 Å². The molecule has 1 saturated heterocycles. The summed E-state index contributed by atoms with van der Waals surface area (Å²) in [7, 11) is 0. The summed E-state index contributed by atoms with van der Waals surface area (Å²) in [6, 6.07) is 6.81. The lowest BCUT2D eigenvalue weighted by Gasteiger charge is -2.27. The van der Waals surface area contributed by atoms with E-state index in [9.17, 15) is 18.4 Å². The third-order valence-corrected chi connectivity index (χ3v) is 4.61. The molecule has 9 nitrogen and oxygen atoms in total. The second-order valence-corrected chi connectivity index (χ2v) is 6.73. The smallest absolute Gasteiger partial charge is 0.333 e. The van der Waals surface area contributed by atoms with Crippen LogP contribution in [0.1, 0.15) is 18.5 Å². The van der Waals surface area contributed by atoms with Crippen molar-refractivity contribution < 1.29 is 17.9 Å². The Morgan fingerprint density at radius 1 is 1.32 bits per heavy atom. The lowest BCUT2D eigenvalue weighted by molar-refractivity contribution is 0.0566. The monoisotopic (exact) mass is 430 g/mol. The number of rotatable bonds is 6. The molecule has 0 spiro atoms. The molecule has 160 valence electrons. The number of hydrogen-bond donors (Lipinski definition) is 2. The van der Waals surface area contributed by atoms with E-state index in [1.807, 2.05) is 6.07 Å². The van der Waals surface area contributed by atoms with Gasteiger partial charge in [0.1, 0.15) is 30.4 Å². The van der Waals surface area contributed by atoms with Gasteiger partial charge >= 0.3 is 6.55 Å². The van der Waals surface area contributed by atoms with E-state index < -0.39 is 18.8 Å². The molecule has 31 heavy (non-hydrogen) atoms. The van der Waals surface area contributed by atoms with E-state index in [1.165, 1.54) is 18.6 Å². The van der Waals surface area contributed by atoms with Gasteiger partial charge in [0.2, 0.25) is 5.95 Å². The minimum Gasteiger partial charge on any atom is -0.486 e. The van der Waals surface area contributed by atoms with Gasteiger partial charge in [-0.15, -0.1) is 0 Å². The molecule has 0 bridgehead atoms. The molecule has 0 radical (unpaired) electrons. The Labute approximate surface area is 174 Å². The summed E-state index contributed by atoms with van der Waals surface area (Å²) < 4.78 is 45.6. The highest BCUT2D eigenvalue weighted by atomic mass is 19.3. The fourth-order valence-electron chi connectivity index (χ4n) is 3.09. The summed E-state index contributed by atoms with van der Waals surface area (Å²) in [6.07, 6.45) is 2.30. The predicted octanol–water partition coefficient (Wildman–Crippen LogP) is 2.82. The van der Waals surface area contributed by atoms with Crippen LogP contribution < -0.4 is 15.4 Å². The van der Waals surface area contributed by atoms with Gasteiger partial charge in [-0.2, -0.15) is 24.1 Å². The van der Waals surface area contributed by atoms with Gasteiger partial charge < -0.3 is 15.4 Å². The number of aromatic nitrogens is 5. The summed E-state index contributed by atoms with van der Waals surface area (Å²) in [5, 5.41) is 18.8. The maximum Gasteiger partial charge on any atom is 0.333 e. The second-order valence-electron chi connectivity index (χ2n) is 6.73. The van der Waals surface area contributed by atoms with Crippen molar-refractivity contribution in [2.75, 3.05) is 18.4 Å². The topological polar surface area (TPSA) is 114 Å². The van der Waals surface area contributed by atoms with Crippen molar-refractivity contribution in [2.45, 2.75) is 25.2 Å². The SMILES string of the molecule is N#Cc1cc(-c2ncnc(Nc3cnn(C(F)F)c3)n2)ccc1O[C@H]1CCNC[C@@H]1F. The first-order chi connectivity index (χ1) is 15.0. The molecule has 2 atom stereocenters. The van der Waals surface area contributed by atoms with Crippen LogP contribution in [0.3, 0.4) is 0 Å². The van der Waals surface area contributed by atoms with Crippen molar-refractivity contribution in [3.63, 3.8) is 0 Å². The maximum absolute atomic E-state index is 14.0. The first-order valence-electron chi connectivity index (χ1n) is 9.38. The molecule has 0 unspecified atom stereocenters. The largest absolute Gasteiger partial charge is 0.486 e. The molecule has 1 fully saturated rings. The lowest BCUT2D eigenvalue weighted by Crippen LogP contribution is -2.44. The van der Waals surface area contributed by atoms with Crippen molar-refractivity contribution >= 4 is 11.6 Å². The van der Waals surface area contributed by atoms with Gasteiger partial charge in [-0.05, 0) is 31.2 Å². The van der Waals surface area contributed by atoms with E-state index in [4.69, 9.17) is 4.74 Å². The number of alkyl halides is 3. The summed E-state index contributed by atoms with van der Waals surface area (Å²) in [6.45, 7) is -1.91. The standard InChI is InChI=1S/C19H17F3N8O/c20-14-8-24-4-3-16(14)31-15-2-1-11(5-12(15)6-23)17-25-10-26-19(29-17)28-13-7-27-30(9-13)18(21)22/h1-2,5,7,9-10,14,16,18,24H,3-4,8H2,(H,25,26,28,29)/t14-,16-/m0/s1. The fourth-order valence-corrected chi connectivity index (χ4v) is 3.09. The maximum atomic E-state index is 14.0. The summed E-state index contributed by atoms with van der Waals surface area (Å²) >= 11 is 0. The normalized spacial score (nSPS) is 18.5. The molecular formula is C19H17F3N8O. The van der Waals surface area contributed by atoms with Crippen LogP contribution in [0.4, 0.5) is 24.8 Å². The van der Waals surface area contributed by atoms with Crippen LogP contribution in [-0.4, -0.2) is 50.1 Å². The number of nitriles is 1. The first-order valence-corrected chi connectivity index (χ1v) is 9.38. The molecule has 3 aromatic rings. The minimum atomic E-state index is -2.76. The van der Waals surface area contributed by atoms with Crippen LogP contribution in [0.25, 0.3) is 11.4 Å². The van der Waals surface area contributed by atoms with E-state index in [-0.39, 0.29) is 35.3 Å². The Bertz CT molecular complexity index is 1100. The van der Waals surface area contributed by atoms with Crippen LogP contribution in [-0.2, 0) is 0 Å². The van der Waals surface area contributed by atoms with E-state index in [2.05, 4.69) is 30.7 Å². The number of piperidine rings is 1. The molecule has 0 amide bonds. The number of benzene rings is 1. The molecule has 1 aromatic carbocycles. The molecular weight excluding hydrogens is 413 g/mol. The molecule has 12 heteroatoms. The average molecular weight is 430 g/mol. The highest BCUT2D eigenvalue weighted by molar-refractivity contribution is 5.63. The zero-order valence-corrected chi connectivity index (χ0v) is 16.0. The van der Waals surface area contributed by atoms with Gasteiger partial charge in [-0.25, -0.2) is 19.0 Å². The van der Waals surface area contributed by atoms with E-state index >= 15 is 0 Å². The zero-order chi connectivity index (χ0) is 21.8. The minimum absolute atomic E-state index is 0.118. The molecule has 2 aromatic heterocycles. The Kier molecular flexibility index (Phi) is 5.94. The van der Waals surface area contributed by atoms with Crippen molar-refractivity contribution in [2.24, 2.45) is 0 Å². The third-order valence-electron chi connectivity index (χ3n) is 4.61. The van der Waals surface area contributed by atoms with E-state index in [0.717, 1.165) is 6.20 Å². The molecule has 2 N–H and O–H groups in total. The van der Waals surface area contributed by atoms with Crippen LogP contribution in [0.2, 0.25) is 0 Å². The highest BCUT2D eigenvalue weighted by Crippen LogP contribution is 2.27. The summed E-state index contributed by atoms with van der Waals surface area (Å²) in [5.41, 5.74) is 1.01. The average Bonchev–Trinajstić information content (AvgIpc) is 3.24. The molecule has 0 aliphatic carbocycles. The molecule has 1 aliphatic heterocycles. The number of nitrogens with one attached hydrogen (secondary N) is 2. The molecule has 1 aliphatic rings. The summed E-state index contributed by atoms with van der Waals surface area (Å²) in [5.74, 6) is 0.660. The Balaban J connectivity index is 1.53. The Morgan fingerprint density at radius 3 is 2.94 bits per heavy atom. The second kappa shape index (κ2) is 8.97. The van der Waals surface area contributed by atoms with Gasteiger partial charge in [0.05, 0.1) is 23.6 Å². The molecule has 4 rings (SSSR count). The van der Waals surface area contributed by atoms with Crippen LogP contribution in [0.15, 0.2) is 36.9 Å². The third kappa shape index (κ3) is 4.72. The van der Waals surface area contributed by atoms with Gasteiger partial charge in [0.25, 0.3) is 0 Å². The van der Waals surface area contributed by atoms with Gasteiger partial charge in [-0.3, -0.25) is 0 Å². The summed E-state index contributed by atoms with van der Waals surface area (Å²) in [4.78, 5) is 12.3. The van der Waals surface area contributed by atoms with Crippen LogP contribution >= 0.6 is 0 Å². The molecule has 0 saturated carbocycles. The fraction of sp³-hybridized carbons (Fsp3) is 0.316. The highest BCUT2D eigenvalue weighted by Gasteiger charge is 2.27. The van der Waals surface area contributed by atoms with Crippen molar-refractivity contribution in [3.05, 3.63) is 42.5 Å². The van der Waals surface area contributed by atoms with Gasteiger partial charge in [0.15, 0.2) is 5.82 Å². The van der Waals surface area contributed by atoms with Crippen molar-refractivity contribution in [1.29, 1.82) is 5.26 Å². The number of ether oxygens (including phenoxy) is 1. The zero-order valence-electron chi connectivity index (χ0n) is 16.0. The van der Waals surface area contributed by atoms with Crippen LogP contribution in [0, 0.1) is 11.3 Å². The van der Waals surface area contributed by atoms with Gasteiger partial charge in [0, 0.05) is 12.1 Å². The Morgan fingerprint density at radius 2 is 2.19 bits per heavy atom. The number of hydrogen-bond acceptors (Lipinski definition) is 8. The van der Waals surface area contributed by atoms with Crippen molar-refractivity contribution in [3.8, 4) is 23.2 Å². The van der Waals surface area contributed by atoms with Gasteiger partial charge in [-0.1, -0.05) is 0 Å². The first kappa shape index (κ1) is 20.5. The number of anilines is 2. The van der Waals surface area contributed by atoms with Crippen LogP contribution in [0.5, 0.6) is 5.75 Å². The number of halogens is 3. The lowest BCUT2D eigenvalue weighted by atomic mass is 10.1. The number of nitrogens with zero attached hydrogens (tertiary/aromatic N) is 6. The molecule has 3 heterocycles. The Hall–Kier alpha value is -3.72. The van der Waals surface area contributed by atoms with Crippen molar-refractivity contribution in [1.82, 2.24) is 30.0 Å². The van der Waals surface area contributed by atoms with E-state index in [1.54, 1.807) is 12.1 Å².